The van der Waals surface area contributed by atoms with Gasteiger partial charge in [0, 0.05) is 17.3 Å². The van der Waals surface area contributed by atoms with Crippen LogP contribution in [0.4, 0.5) is 5.69 Å². The number of para-hydroxylation sites is 2. The van der Waals surface area contributed by atoms with E-state index in [9.17, 15) is 14.7 Å². The van der Waals surface area contributed by atoms with E-state index in [0.717, 1.165) is 31.0 Å². The second-order valence-electron chi connectivity index (χ2n) is 9.64. The standard InChI is InChI=1S/C29H30ClN5O3/c30-23-9-7-8-22(18-23)21-14-16-33(17-15-21)19-26(36)20-34-27(28(37)31-24-10-3-1-4-11-24)29(38)35(32-34)25-12-5-2-6-13-25/h1-13,18,21,26,36H,14-17,19-20H2,(H-,31,32,37,38)/p+1/t26-/m0/s1. The summed E-state index contributed by atoms with van der Waals surface area (Å²) in [6, 6.07) is 26.0. The molecule has 4 aromatic rings. The van der Waals surface area contributed by atoms with E-state index in [1.807, 2.05) is 54.6 Å². The largest absolute Gasteiger partial charge is 0.411 e. The second kappa shape index (κ2) is 11.8. The highest BCUT2D eigenvalue weighted by molar-refractivity contribution is 6.30. The van der Waals surface area contributed by atoms with Crippen LogP contribution in [0.25, 0.3) is 5.69 Å². The third-order valence-corrected chi connectivity index (χ3v) is 7.16. The highest BCUT2D eigenvalue weighted by Crippen LogP contribution is 2.29. The lowest BCUT2D eigenvalue weighted by atomic mass is 9.89. The number of halogens is 1. The number of nitrogens with one attached hydrogen (secondary N) is 2. The Morgan fingerprint density at radius 3 is 2.39 bits per heavy atom. The first-order valence-electron chi connectivity index (χ1n) is 12.8. The van der Waals surface area contributed by atoms with Gasteiger partial charge in [-0.3, -0.25) is 4.79 Å². The average molecular weight is 533 g/mol. The Labute approximate surface area is 226 Å². The Kier molecular flexibility index (Phi) is 8.03. The second-order valence-corrected chi connectivity index (χ2v) is 10.1. The lowest BCUT2D eigenvalue weighted by Gasteiger charge is -2.33. The van der Waals surface area contributed by atoms with Gasteiger partial charge >= 0.3 is 17.2 Å². The summed E-state index contributed by atoms with van der Waals surface area (Å²) in [6.45, 7) is 2.21. The monoisotopic (exact) mass is 532 g/mol. The summed E-state index contributed by atoms with van der Waals surface area (Å²) in [7, 11) is 0. The number of anilines is 1. The van der Waals surface area contributed by atoms with Crippen molar-refractivity contribution in [1.82, 2.24) is 14.8 Å². The minimum Gasteiger partial charge on any atom is -0.388 e. The van der Waals surface area contributed by atoms with E-state index < -0.39 is 17.6 Å². The van der Waals surface area contributed by atoms with E-state index in [4.69, 9.17) is 11.6 Å². The molecule has 1 atom stereocenters. The van der Waals surface area contributed by atoms with Crippen molar-refractivity contribution in [1.29, 1.82) is 0 Å². The molecule has 1 aliphatic rings. The van der Waals surface area contributed by atoms with Gasteiger partial charge in [0.25, 0.3) is 0 Å². The number of β-amino-alcohol motifs (C(OH)–C–C–N with tert-alkyl or cyclic N) is 1. The van der Waals surface area contributed by atoms with Gasteiger partial charge in [-0.25, -0.2) is 4.79 Å². The van der Waals surface area contributed by atoms with Crippen LogP contribution < -0.4 is 15.6 Å². The van der Waals surface area contributed by atoms with Crippen molar-refractivity contribution in [3.8, 4) is 5.69 Å². The quantitative estimate of drug-likeness (QED) is 0.302. The van der Waals surface area contributed by atoms with Crippen molar-refractivity contribution in [2.45, 2.75) is 31.4 Å². The molecule has 2 heterocycles. The van der Waals surface area contributed by atoms with Crippen LogP contribution in [0, 0.1) is 0 Å². The van der Waals surface area contributed by atoms with Crippen molar-refractivity contribution >= 4 is 23.2 Å². The molecule has 0 saturated carbocycles. The molecule has 0 bridgehead atoms. The van der Waals surface area contributed by atoms with Gasteiger partial charge in [-0.2, -0.15) is 0 Å². The average Bonchev–Trinajstić information content (AvgIpc) is 3.25. The number of aliphatic hydroxyl groups excluding tert-OH is 1. The van der Waals surface area contributed by atoms with Gasteiger partial charge in [-0.05, 0) is 73.8 Å². The number of aromatic amines is 1. The summed E-state index contributed by atoms with van der Waals surface area (Å²) in [4.78, 5) is 28.8. The molecule has 3 aromatic carbocycles. The van der Waals surface area contributed by atoms with E-state index in [2.05, 4.69) is 21.5 Å². The maximum Gasteiger partial charge on any atom is 0.411 e. The number of hydrogen-bond acceptors (Lipinski definition) is 4. The molecule has 0 unspecified atom stereocenters. The van der Waals surface area contributed by atoms with Crippen LogP contribution in [0.3, 0.4) is 0 Å². The molecule has 0 radical (unpaired) electrons. The van der Waals surface area contributed by atoms with Crippen molar-refractivity contribution in [2.75, 3.05) is 25.0 Å². The predicted molar refractivity (Wildman–Crippen MR) is 147 cm³/mol. The van der Waals surface area contributed by atoms with Crippen molar-refractivity contribution in [3.63, 3.8) is 0 Å². The number of hydrogen-bond donors (Lipinski definition) is 3. The van der Waals surface area contributed by atoms with Gasteiger partial charge in [0.2, 0.25) is 0 Å². The van der Waals surface area contributed by atoms with E-state index in [1.165, 1.54) is 14.9 Å². The van der Waals surface area contributed by atoms with Crippen LogP contribution in [0.15, 0.2) is 89.7 Å². The molecule has 1 fully saturated rings. The van der Waals surface area contributed by atoms with Crippen LogP contribution in [-0.4, -0.2) is 51.5 Å². The minimum absolute atomic E-state index is 0.0703. The van der Waals surface area contributed by atoms with Crippen molar-refractivity contribution in [3.05, 3.63) is 112 Å². The number of carbonyl (C=O) groups is 1. The first-order chi connectivity index (χ1) is 18.5. The normalized spacial score (nSPS) is 15.3. The lowest BCUT2D eigenvalue weighted by molar-refractivity contribution is -0.761. The third kappa shape index (κ3) is 6.05. The van der Waals surface area contributed by atoms with E-state index >= 15 is 0 Å². The Morgan fingerprint density at radius 1 is 1.03 bits per heavy atom. The van der Waals surface area contributed by atoms with Gasteiger partial charge in [-0.15, -0.1) is 4.68 Å². The number of nitrogens with zero attached hydrogens (tertiary/aromatic N) is 3. The van der Waals surface area contributed by atoms with Crippen molar-refractivity contribution < 1.29 is 14.6 Å². The first-order valence-corrected chi connectivity index (χ1v) is 13.2. The predicted octanol–water partition coefficient (Wildman–Crippen LogP) is 3.60. The molecule has 5 rings (SSSR count). The fourth-order valence-electron chi connectivity index (χ4n) is 5.03. The maximum atomic E-state index is 13.3. The topological polar surface area (TPSA) is 94.2 Å². The molecular weight excluding hydrogens is 502 g/mol. The molecule has 1 aromatic heterocycles. The fraction of sp³-hybridized carbons (Fsp3) is 0.276. The Hall–Kier alpha value is -3.72. The smallest absolute Gasteiger partial charge is 0.388 e. The van der Waals surface area contributed by atoms with E-state index in [1.54, 1.807) is 24.3 Å². The zero-order valence-electron chi connectivity index (χ0n) is 21.0. The summed E-state index contributed by atoms with van der Waals surface area (Å²) >= 11 is 6.17. The summed E-state index contributed by atoms with van der Waals surface area (Å²) in [5.74, 6) is -0.0947. The molecule has 8 nitrogen and oxygen atoms in total. The first kappa shape index (κ1) is 25.9. The number of carbonyl (C=O) groups excluding carboxylic acids is 1. The summed E-state index contributed by atoms with van der Waals surface area (Å²) in [5.41, 5.74) is 1.87. The molecule has 1 aliphatic heterocycles. The van der Waals surface area contributed by atoms with Gasteiger partial charge in [0.15, 0.2) is 5.69 Å². The number of rotatable bonds is 8. The van der Waals surface area contributed by atoms with Gasteiger partial charge in [-0.1, -0.05) is 70.0 Å². The highest BCUT2D eigenvalue weighted by Gasteiger charge is 2.31. The number of aliphatic hydroxyl groups is 1. The molecule has 38 heavy (non-hydrogen) atoms. The van der Waals surface area contributed by atoms with Crippen LogP contribution in [0.2, 0.25) is 5.02 Å². The number of piperidine rings is 1. The number of aromatic nitrogens is 3. The molecule has 1 saturated heterocycles. The van der Waals surface area contributed by atoms with Gasteiger partial charge in [0.1, 0.15) is 12.6 Å². The van der Waals surface area contributed by atoms with Gasteiger partial charge in [0.05, 0.1) is 0 Å². The van der Waals surface area contributed by atoms with Crippen LogP contribution >= 0.6 is 11.6 Å². The highest BCUT2D eigenvalue weighted by atomic mass is 35.5. The Morgan fingerprint density at radius 2 is 1.71 bits per heavy atom. The summed E-state index contributed by atoms with van der Waals surface area (Å²) in [5, 5.41) is 17.5. The molecular formula is C29H31ClN5O3+. The zero-order valence-corrected chi connectivity index (χ0v) is 21.7. The molecule has 3 N–H and O–H groups in total. The number of amides is 1. The van der Waals surface area contributed by atoms with E-state index in [0.29, 0.717) is 23.8 Å². The lowest BCUT2D eigenvalue weighted by Crippen LogP contribution is -2.51. The molecule has 0 aliphatic carbocycles. The Bertz CT molecular complexity index is 1430. The molecule has 0 spiro atoms. The third-order valence-electron chi connectivity index (χ3n) is 6.93. The van der Waals surface area contributed by atoms with Crippen LogP contribution in [-0.2, 0) is 6.54 Å². The summed E-state index contributed by atoms with van der Waals surface area (Å²) < 4.78 is 2.76. The SMILES string of the molecule is O=C(Nc1ccccc1)c1c(=O)n(-c2ccccc2)[nH][n+]1C[C@@H](O)CN1CCC(c2cccc(Cl)c2)CC1. The molecule has 9 heteroatoms. The van der Waals surface area contributed by atoms with Crippen LogP contribution in [0.1, 0.15) is 34.8 Å². The molecule has 1 amide bonds. The number of H-pyrrole nitrogens is 1. The maximum absolute atomic E-state index is 13.3. The van der Waals surface area contributed by atoms with Gasteiger partial charge < -0.3 is 15.3 Å². The van der Waals surface area contributed by atoms with E-state index in [-0.39, 0.29) is 12.2 Å². The van der Waals surface area contributed by atoms with Crippen LogP contribution in [0.5, 0.6) is 0 Å². The zero-order chi connectivity index (χ0) is 26.5. The minimum atomic E-state index is -0.784. The fourth-order valence-corrected chi connectivity index (χ4v) is 5.23. The number of benzene rings is 3. The number of likely N-dealkylation sites (tertiary alicyclic amines) is 1. The summed E-state index contributed by atoms with van der Waals surface area (Å²) in [6.07, 6.45) is 1.17. The Balaban J connectivity index is 1.30. The molecule has 196 valence electrons. The van der Waals surface area contributed by atoms with Crippen molar-refractivity contribution in [2.24, 2.45) is 0 Å².